The van der Waals surface area contributed by atoms with Gasteiger partial charge in [-0.25, -0.2) is 4.57 Å². The standard InChI is InChI=1S/C27H45O8P/c1-18-15-19(17-22(30)32-24(2,3)4)16-20(23(18)27(11,12)14-13-21(28)29)33-36(31,34-25(5,6)7)35-26(8,9)10/h15-16H,13-14,17H2,1-12H3,(H,28,29). The van der Waals surface area contributed by atoms with Crippen LogP contribution in [0.15, 0.2) is 12.1 Å². The minimum Gasteiger partial charge on any atom is -0.481 e. The zero-order chi connectivity index (χ0) is 28.3. The number of carboxylic acid groups (broad SMARTS) is 1. The van der Waals surface area contributed by atoms with Gasteiger partial charge < -0.3 is 14.4 Å². The highest BCUT2D eigenvalue weighted by atomic mass is 31.2. The lowest BCUT2D eigenvalue weighted by Gasteiger charge is -2.34. The number of esters is 1. The first-order chi connectivity index (χ1) is 15.9. The topological polar surface area (TPSA) is 108 Å². The number of hydrogen-bond donors (Lipinski definition) is 1. The van der Waals surface area contributed by atoms with Crippen LogP contribution in [0.1, 0.15) is 106 Å². The Hall–Kier alpha value is -1.89. The van der Waals surface area contributed by atoms with Crippen molar-refractivity contribution in [1.29, 1.82) is 0 Å². The molecule has 0 spiro atoms. The summed E-state index contributed by atoms with van der Waals surface area (Å²) in [6, 6.07) is 3.48. The summed E-state index contributed by atoms with van der Waals surface area (Å²) in [5, 5.41) is 9.27. The lowest BCUT2D eigenvalue weighted by atomic mass is 9.77. The van der Waals surface area contributed by atoms with Gasteiger partial charge in [0.15, 0.2) is 0 Å². The van der Waals surface area contributed by atoms with Gasteiger partial charge in [0.05, 0.1) is 17.6 Å². The van der Waals surface area contributed by atoms with Crippen LogP contribution in [0.4, 0.5) is 0 Å². The highest BCUT2D eigenvalue weighted by molar-refractivity contribution is 7.49. The van der Waals surface area contributed by atoms with Crippen LogP contribution in [0, 0.1) is 6.92 Å². The molecule has 0 fully saturated rings. The second-order valence-corrected chi connectivity index (χ2v) is 14.2. The van der Waals surface area contributed by atoms with Gasteiger partial charge in [-0.1, -0.05) is 19.9 Å². The predicted octanol–water partition coefficient (Wildman–Crippen LogP) is 7.14. The summed E-state index contributed by atoms with van der Waals surface area (Å²) in [6.45, 7) is 21.5. The van der Waals surface area contributed by atoms with Crippen LogP contribution < -0.4 is 4.52 Å². The average molecular weight is 529 g/mol. The Bertz CT molecular complexity index is 971. The minimum atomic E-state index is -4.16. The van der Waals surface area contributed by atoms with Crippen LogP contribution in [0.25, 0.3) is 0 Å². The summed E-state index contributed by atoms with van der Waals surface area (Å²) in [5.41, 5.74) is -0.942. The average Bonchev–Trinajstić information content (AvgIpc) is 2.53. The molecule has 206 valence electrons. The molecule has 1 rings (SSSR count). The summed E-state index contributed by atoms with van der Waals surface area (Å²) >= 11 is 0. The van der Waals surface area contributed by atoms with Gasteiger partial charge in [0, 0.05) is 12.0 Å². The highest BCUT2D eigenvalue weighted by Gasteiger charge is 2.40. The Morgan fingerprint density at radius 2 is 1.36 bits per heavy atom. The maximum Gasteiger partial charge on any atom is 0.531 e. The van der Waals surface area contributed by atoms with Gasteiger partial charge in [-0.2, -0.15) is 0 Å². The minimum absolute atomic E-state index is 0.0190. The maximum atomic E-state index is 13.9. The molecule has 0 radical (unpaired) electrons. The number of aryl methyl sites for hydroxylation is 1. The normalized spacial score (nSPS) is 13.4. The SMILES string of the molecule is Cc1cc(CC(=O)OC(C)(C)C)cc(OP(=O)(OC(C)(C)C)OC(C)(C)C)c1C(C)(C)CCC(=O)O. The summed E-state index contributed by atoms with van der Waals surface area (Å²) in [6.07, 6.45) is 0.241. The van der Waals surface area contributed by atoms with Gasteiger partial charge >= 0.3 is 19.8 Å². The van der Waals surface area contributed by atoms with Crippen molar-refractivity contribution < 1.29 is 37.6 Å². The molecular weight excluding hydrogens is 483 g/mol. The van der Waals surface area contributed by atoms with E-state index in [2.05, 4.69) is 0 Å². The summed E-state index contributed by atoms with van der Waals surface area (Å²) in [4.78, 5) is 23.8. The third kappa shape index (κ3) is 11.4. The predicted molar refractivity (Wildman–Crippen MR) is 141 cm³/mol. The number of ether oxygens (including phenoxy) is 1. The van der Waals surface area contributed by atoms with Crippen molar-refractivity contribution in [3.8, 4) is 5.75 Å². The molecule has 8 nitrogen and oxygen atoms in total. The molecule has 0 heterocycles. The zero-order valence-corrected chi connectivity index (χ0v) is 24.9. The molecule has 9 heteroatoms. The molecule has 0 aromatic heterocycles. The van der Waals surface area contributed by atoms with E-state index in [1.54, 1.807) is 68.4 Å². The first-order valence-corrected chi connectivity index (χ1v) is 13.7. The Labute approximate surface area is 216 Å². The van der Waals surface area contributed by atoms with Gasteiger partial charge in [0.2, 0.25) is 0 Å². The van der Waals surface area contributed by atoms with E-state index in [-0.39, 0.29) is 18.6 Å². The van der Waals surface area contributed by atoms with Crippen molar-refractivity contribution in [3.63, 3.8) is 0 Å². The lowest BCUT2D eigenvalue weighted by Crippen LogP contribution is -2.27. The Balaban J connectivity index is 3.67. The van der Waals surface area contributed by atoms with Crippen LogP contribution in [-0.2, 0) is 39.8 Å². The van der Waals surface area contributed by atoms with E-state index < -0.39 is 42.0 Å². The van der Waals surface area contributed by atoms with E-state index in [9.17, 15) is 19.3 Å². The van der Waals surface area contributed by atoms with Crippen molar-refractivity contribution in [2.75, 3.05) is 0 Å². The van der Waals surface area contributed by atoms with Crippen molar-refractivity contribution >= 4 is 19.8 Å². The number of hydrogen-bond acceptors (Lipinski definition) is 7. The second-order valence-electron chi connectivity index (χ2n) is 12.8. The second kappa shape index (κ2) is 11.2. The fourth-order valence-electron chi connectivity index (χ4n) is 3.80. The van der Waals surface area contributed by atoms with Gasteiger partial charge in [0.25, 0.3) is 0 Å². The lowest BCUT2D eigenvalue weighted by molar-refractivity contribution is -0.154. The van der Waals surface area contributed by atoms with E-state index in [0.717, 1.165) is 5.56 Å². The van der Waals surface area contributed by atoms with Gasteiger partial charge in [0.1, 0.15) is 11.4 Å². The van der Waals surface area contributed by atoms with Crippen molar-refractivity contribution in [2.24, 2.45) is 0 Å². The molecule has 36 heavy (non-hydrogen) atoms. The molecule has 0 amide bonds. The van der Waals surface area contributed by atoms with Gasteiger partial charge in [-0.15, -0.1) is 0 Å². The third-order valence-corrected chi connectivity index (χ3v) is 6.71. The fourth-order valence-corrected chi connectivity index (χ4v) is 5.64. The van der Waals surface area contributed by atoms with E-state index in [1.165, 1.54) is 0 Å². The first-order valence-electron chi connectivity index (χ1n) is 12.2. The van der Waals surface area contributed by atoms with E-state index >= 15 is 0 Å². The molecule has 1 aromatic rings. The molecule has 0 aliphatic rings. The molecule has 0 aliphatic heterocycles. The third-order valence-electron chi connectivity index (χ3n) is 4.75. The smallest absolute Gasteiger partial charge is 0.481 e. The monoisotopic (exact) mass is 528 g/mol. The van der Waals surface area contributed by atoms with Crippen LogP contribution in [0.2, 0.25) is 0 Å². The van der Waals surface area contributed by atoms with Crippen LogP contribution in [0.3, 0.4) is 0 Å². The van der Waals surface area contributed by atoms with Crippen LogP contribution in [0.5, 0.6) is 5.75 Å². The van der Waals surface area contributed by atoms with E-state index in [0.29, 0.717) is 17.5 Å². The summed E-state index contributed by atoms with van der Waals surface area (Å²) in [5.74, 6) is -1.10. The zero-order valence-electron chi connectivity index (χ0n) is 24.0. The number of phosphoric acid groups is 1. The molecule has 0 unspecified atom stereocenters. The molecule has 1 aromatic carbocycles. The molecular formula is C27H45O8P. The molecule has 0 saturated heterocycles. The quantitative estimate of drug-likeness (QED) is 0.252. The largest absolute Gasteiger partial charge is 0.531 e. The molecule has 0 aliphatic carbocycles. The molecule has 1 N–H and O–H groups in total. The van der Waals surface area contributed by atoms with Crippen LogP contribution in [-0.4, -0.2) is 33.8 Å². The first kappa shape index (κ1) is 32.1. The number of carboxylic acids is 1. The van der Waals surface area contributed by atoms with E-state index in [1.807, 2.05) is 26.8 Å². The van der Waals surface area contributed by atoms with Crippen molar-refractivity contribution in [1.82, 2.24) is 0 Å². The number of phosphoric ester groups is 1. The highest BCUT2D eigenvalue weighted by Crippen LogP contribution is 2.57. The summed E-state index contributed by atoms with van der Waals surface area (Å²) < 4.78 is 37.1. The van der Waals surface area contributed by atoms with Crippen molar-refractivity contribution in [2.45, 2.75) is 125 Å². The summed E-state index contributed by atoms with van der Waals surface area (Å²) in [7, 11) is -4.16. The molecule has 0 atom stereocenters. The number of carbonyl (C=O) groups excluding carboxylic acids is 1. The Kier molecular flexibility index (Phi) is 10.0. The number of carbonyl (C=O) groups is 2. The molecule has 0 bridgehead atoms. The van der Waals surface area contributed by atoms with Gasteiger partial charge in [-0.3, -0.25) is 18.6 Å². The molecule has 0 saturated carbocycles. The number of rotatable bonds is 10. The fraction of sp³-hybridized carbons (Fsp3) is 0.704. The van der Waals surface area contributed by atoms with Crippen LogP contribution >= 0.6 is 7.82 Å². The number of aliphatic carboxylic acids is 1. The Morgan fingerprint density at radius 1 is 0.861 bits per heavy atom. The maximum absolute atomic E-state index is 13.9. The van der Waals surface area contributed by atoms with Gasteiger partial charge in [-0.05, 0) is 98.3 Å². The number of benzene rings is 1. The van der Waals surface area contributed by atoms with Crippen molar-refractivity contribution in [3.05, 3.63) is 28.8 Å². The van der Waals surface area contributed by atoms with E-state index in [4.69, 9.17) is 18.3 Å². The Morgan fingerprint density at radius 3 is 1.78 bits per heavy atom.